The molecule has 5 heteroatoms. The summed E-state index contributed by atoms with van der Waals surface area (Å²) >= 11 is 0. The lowest BCUT2D eigenvalue weighted by Gasteiger charge is -2.24. The summed E-state index contributed by atoms with van der Waals surface area (Å²) in [5.74, 6) is 0.0395. The van der Waals surface area contributed by atoms with Crippen molar-refractivity contribution in [1.29, 1.82) is 0 Å². The maximum Gasteiger partial charge on any atom is 0.326 e. The predicted molar refractivity (Wildman–Crippen MR) is 71.8 cm³/mol. The van der Waals surface area contributed by atoms with Gasteiger partial charge in [0.25, 0.3) is 0 Å². The van der Waals surface area contributed by atoms with Crippen molar-refractivity contribution in [2.45, 2.75) is 38.5 Å². The number of carbonyl (C=O) groups is 1. The lowest BCUT2D eigenvalue weighted by molar-refractivity contribution is -0.159. The molecule has 0 aromatic heterocycles. The Labute approximate surface area is 113 Å². The summed E-state index contributed by atoms with van der Waals surface area (Å²) in [6.45, 7) is 5.24. The van der Waals surface area contributed by atoms with E-state index in [1.807, 2.05) is 0 Å². The largest absolute Gasteiger partial charge is 0.497 e. The molecule has 0 fully saturated rings. The van der Waals surface area contributed by atoms with Gasteiger partial charge in [0.1, 0.15) is 23.5 Å². The molecular weight excluding hydrogens is 246 g/mol. The highest BCUT2D eigenvalue weighted by Gasteiger charge is 2.28. The zero-order valence-electron chi connectivity index (χ0n) is 11.7. The molecule has 5 nitrogen and oxygen atoms in total. The molecule has 1 aromatic carbocycles. The van der Waals surface area contributed by atoms with Gasteiger partial charge in [-0.15, -0.1) is 0 Å². The van der Waals surface area contributed by atoms with Gasteiger partial charge in [0.15, 0.2) is 0 Å². The van der Waals surface area contributed by atoms with Crippen molar-refractivity contribution in [2.24, 2.45) is 5.73 Å². The zero-order chi connectivity index (χ0) is 14.6. The Morgan fingerprint density at radius 2 is 1.79 bits per heavy atom. The van der Waals surface area contributed by atoms with Gasteiger partial charge in [0, 0.05) is 0 Å². The van der Waals surface area contributed by atoms with Crippen LogP contribution in [0.4, 0.5) is 0 Å². The molecular formula is C14H21NO4. The molecule has 0 radical (unpaired) electrons. The van der Waals surface area contributed by atoms with Crippen LogP contribution in [-0.4, -0.2) is 29.8 Å². The first kappa shape index (κ1) is 15.5. The molecule has 0 aliphatic rings. The molecule has 0 aliphatic heterocycles. The van der Waals surface area contributed by atoms with Crippen molar-refractivity contribution in [3.8, 4) is 5.75 Å². The molecule has 3 N–H and O–H groups in total. The maximum atomic E-state index is 11.8. The lowest BCUT2D eigenvalue weighted by Crippen LogP contribution is -2.41. The van der Waals surface area contributed by atoms with Crippen LogP contribution in [0.15, 0.2) is 24.3 Å². The summed E-state index contributed by atoms with van der Waals surface area (Å²) in [5, 5.41) is 10.1. The molecule has 0 saturated heterocycles. The topological polar surface area (TPSA) is 81.8 Å². The molecule has 0 spiro atoms. The van der Waals surface area contributed by atoms with Crippen LogP contribution >= 0.6 is 0 Å². The standard InChI is InChI=1S/C14H21NO4/c1-14(2,3)19-13(17)11(15)12(16)9-5-7-10(18-4)8-6-9/h5-8,11-12,16H,15H2,1-4H3. The average molecular weight is 267 g/mol. The SMILES string of the molecule is COc1ccc(C(O)C(N)C(=O)OC(C)(C)C)cc1. The highest BCUT2D eigenvalue weighted by molar-refractivity contribution is 5.77. The van der Waals surface area contributed by atoms with E-state index in [2.05, 4.69) is 0 Å². The second kappa shape index (κ2) is 6.04. The molecule has 2 unspecified atom stereocenters. The van der Waals surface area contributed by atoms with Gasteiger partial charge in [-0.3, -0.25) is 4.79 Å². The minimum absolute atomic E-state index is 0.541. The summed E-state index contributed by atoms with van der Waals surface area (Å²) in [6, 6.07) is 5.59. The number of aliphatic hydroxyl groups excluding tert-OH is 1. The number of ether oxygens (including phenoxy) is 2. The van der Waals surface area contributed by atoms with Crippen molar-refractivity contribution < 1.29 is 19.4 Å². The Hall–Kier alpha value is -1.59. The highest BCUT2D eigenvalue weighted by Crippen LogP contribution is 2.21. The van der Waals surface area contributed by atoms with E-state index in [4.69, 9.17) is 15.2 Å². The van der Waals surface area contributed by atoms with Crippen molar-refractivity contribution in [3.63, 3.8) is 0 Å². The number of rotatable bonds is 4. The van der Waals surface area contributed by atoms with Gasteiger partial charge in [-0.05, 0) is 38.5 Å². The third-order valence-corrected chi connectivity index (χ3v) is 2.48. The molecule has 0 saturated carbocycles. The second-order valence-electron chi connectivity index (χ2n) is 5.28. The van der Waals surface area contributed by atoms with Crippen LogP contribution in [0.2, 0.25) is 0 Å². The minimum Gasteiger partial charge on any atom is -0.497 e. The number of hydrogen-bond donors (Lipinski definition) is 2. The van der Waals surface area contributed by atoms with Gasteiger partial charge >= 0.3 is 5.97 Å². The molecule has 1 rings (SSSR count). The van der Waals surface area contributed by atoms with E-state index >= 15 is 0 Å². The third kappa shape index (κ3) is 4.54. The Morgan fingerprint density at radius 1 is 1.26 bits per heavy atom. The third-order valence-electron chi connectivity index (χ3n) is 2.48. The van der Waals surface area contributed by atoms with Crippen molar-refractivity contribution >= 4 is 5.97 Å². The number of methoxy groups -OCH3 is 1. The Bertz CT molecular complexity index is 422. The summed E-state index contributed by atoms with van der Waals surface area (Å²) in [5.41, 5.74) is 5.62. The maximum absolute atomic E-state index is 11.8. The number of hydrogen-bond acceptors (Lipinski definition) is 5. The van der Waals surface area contributed by atoms with Gasteiger partial charge in [0.05, 0.1) is 7.11 Å². The van der Waals surface area contributed by atoms with Crippen LogP contribution in [0.25, 0.3) is 0 Å². The first-order valence-electron chi connectivity index (χ1n) is 6.05. The molecule has 1 aromatic rings. The molecule has 0 heterocycles. The van der Waals surface area contributed by atoms with Gasteiger partial charge in [-0.2, -0.15) is 0 Å². The van der Waals surface area contributed by atoms with Gasteiger partial charge in [-0.1, -0.05) is 12.1 Å². The Morgan fingerprint density at radius 3 is 2.21 bits per heavy atom. The molecule has 19 heavy (non-hydrogen) atoms. The Balaban J connectivity index is 2.75. The lowest BCUT2D eigenvalue weighted by atomic mass is 10.0. The van der Waals surface area contributed by atoms with E-state index in [0.717, 1.165) is 0 Å². The van der Waals surface area contributed by atoms with Crippen LogP contribution in [-0.2, 0) is 9.53 Å². The summed E-state index contributed by atoms with van der Waals surface area (Å²) in [6.07, 6.45) is -1.11. The van der Waals surface area contributed by atoms with Gasteiger partial charge < -0.3 is 20.3 Å². The first-order valence-corrected chi connectivity index (χ1v) is 6.05. The van der Waals surface area contributed by atoms with E-state index in [9.17, 15) is 9.90 Å². The van der Waals surface area contributed by atoms with E-state index in [1.54, 1.807) is 52.1 Å². The Kier molecular flexibility index (Phi) is 4.91. The number of esters is 1. The number of benzene rings is 1. The smallest absolute Gasteiger partial charge is 0.326 e. The van der Waals surface area contributed by atoms with Gasteiger partial charge in [-0.25, -0.2) is 0 Å². The molecule has 0 amide bonds. The van der Waals surface area contributed by atoms with Crippen LogP contribution in [0.5, 0.6) is 5.75 Å². The van der Waals surface area contributed by atoms with E-state index in [1.165, 1.54) is 0 Å². The molecule has 106 valence electrons. The monoisotopic (exact) mass is 267 g/mol. The minimum atomic E-state index is -1.12. The summed E-state index contributed by atoms with van der Waals surface area (Å²) in [4.78, 5) is 11.8. The quantitative estimate of drug-likeness (QED) is 0.806. The first-order chi connectivity index (χ1) is 8.74. The van der Waals surface area contributed by atoms with Crippen molar-refractivity contribution in [2.75, 3.05) is 7.11 Å². The van der Waals surface area contributed by atoms with Gasteiger partial charge in [0.2, 0.25) is 0 Å². The van der Waals surface area contributed by atoms with Crippen LogP contribution in [0, 0.1) is 0 Å². The highest BCUT2D eigenvalue weighted by atomic mass is 16.6. The van der Waals surface area contributed by atoms with E-state index in [0.29, 0.717) is 11.3 Å². The number of aliphatic hydroxyl groups is 1. The fourth-order valence-electron chi connectivity index (χ4n) is 1.51. The van der Waals surface area contributed by atoms with E-state index in [-0.39, 0.29) is 0 Å². The van der Waals surface area contributed by atoms with Crippen LogP contribution in [0.1, 0.15) is 32.4 Å². The number of carbonyl (C=O) groups excluding carboxylic acids is 1. The number of nitrogens with two attached hydrogens (primary N) is 1. The normalized spacial score (nSPS) is 14.6. The molecule has 0 bridgehead atoms. The van der Waals surface area contributed by atoms with E-state index < -0.39 is 23.7 Å². The van der Waals surface area contributed by atoms with Crippen LogP contribution in [0.3, 0.4) is 0 Å². The van der Waals surface area contributed by atoms with Crippen molar-refractivity contribution in [1.82, 2.24) is 0 Å². The molecule has 0 aliphatic carbocycles. The van der Waals surface area contributed by atoms with Crippen LogP contribution < -0.4 is 10.5 Å². The average Bonchev–Trinajstić information content (AvgIpc) is 2.35. The van der Waals surface area contributed by atoms with Crippen molar-refractivity contribution in [3.05, 3.63) is 29.8 Å². The summed E-state index contributed by atoms with van der Waals surface area (Å²) in [7, 11) is 1.55. The molecule has 2 atom stereocenters. The summed E-state index contributed by atoms with van der Waals surface area (Å²) < 4.78 is 10.2. The second-order valence-corrected chi connectivity index (χ2v) is 5.28. The zero-order valence-corrected chi connectivity index (χ0v) is 11.7. The fourth-order valence-corrected chi connectivity index (χ4v) is 1.51. The fraction of sp³-hybridized carbons (Fsp3) is 0.500. The predicted octanol–water partition coefficient (Wildman–Crippen LogP) is 1.40.